The van der Waals surface area contributed by atoms with Gasteiger partial charge in [-0.1, -0.05) is 0 Å². The molecule has 0 unspecified atom stereocenters. The number of nitrogens with zero attached hydrogens (tertiary/aromatic N) is 1. The Bertz CT molecular complexity index is 356. The van der Waals surface area contributed by atoms with Gasteiger partial charge in [-0.3, -0.25) is 4.79 Å². The first-order valence-electron chi connectivity index (χ1n) is 6.68. The lowest BCUT2D eigenvalue weighted by Crippen LogP contribution is -2.35. The number of esters is 1. The molecule has 0 aliphatic heterocycles. The Morgan fingerprint density at radius 2 is 2.28 bits per heavy atom. The molecule has 2 N–H and O–H groups in total. The number of carbonyl (C=O) groups excluding carboxylic acids is 1. The minimum atomic E-state index is -0.0259. The normalized spacial score (nSPS) is 23.8. The number of aromatic amines is 1. The molecule has 1 aliphatic carbocycles. The van der Waals surface area contributed by atoms with Crippen molar-refractivity contribution >= 4 is 5.97 Å². The Kier molecular flexibility index (Phi) is 4.75. The number of hydrogen-bond donors (Lipinski definition) is 2. The average Bonchev–Trinajstić information content (AvgIpc) is 2.90. The van der Waals surface area contributed by atoms with Crippen LogP contribution in [0.5, 0.6) is 0 Å². The lowest BCUT2D eigenvalue weighted by atomic mass is 9.86. The average molecular weight is 251 g/mol. The maximum Gasteiger partial charge on any atom is 0.308 e. The fourth-order valence-corrected chi connectivity index (χ4v) is 2.43. The van der Waals surface area contributed by atoms with Gasteiger partial charge in [0.1, 0.15) is 5.82 Å². The van der Waals surface area contributed by atoms with Crippen LogP contribution >= 0.6 is 0 Å². The summed E-state index contributed by atoms with van der Waals surface area (Å²) < 4.78 is 5.06. The molecule has 1 fully saturated rings. The second-order valence-corrected chi connectivity index (χ2v) is 4.72. The van der Waals surface area contributed by atoms with Gasteiger partial charge in [-0.05, 0) is 32.6 Å². The Hall–Kier alpha value is -1.36. The highest BCUT2D eigenvalue weighted by Crippen LogP contribution is 2.25. The molecule has 0 radical (unpaired) electrons. The fourth-order valence-electron chi connectivity index (χ4n) is 2.43. The first-order valence-corrected chi connectivity index (χ1v) is 6.68. The van der Waals surface area contributed by atoms with E-state index in [2.05, 4.69) is 15.3 Å². The Labute approximate surface area is 107 Å². The second-order valence-electron chi connectivity index (χ2n) is 4.72. The minimum absolute atomic E-state index is 0.0259. The van der Waals surface area contributed by atoms with Crippen molar-refractivity contribution in [1.82, 2.24) is 15.3 Å². The van der Waals surface area contributed by atoms with E-state index >= 15 is 0 Å². The largest absolute Gasteiger partial charge is 0.466 e. The maximum atomic E-state index is 11.6. The van der Waals surface area contributed by atoms with Gasteiger partial charge in [0.05, 0.1) is 19.1 Å². The van der Waals surface area contributed by atoms with Crippen molar-refractivity contribution in [1.29, 1.82) is 0 Å². The lowest BCUT2D eigenvalue weighted by Gasteiger charge is -2.27. The monoisotopic (exact) mass is 251 g/mol. The molecular formula is C13H21N3O2. The Morgan fingerprint density at radius 3 is 2.89 bits per heavy atom. The first-order chi connectivity index (χ1) is 8.79. The predicted octanol–water partition coefficient (Wildman–Crippen LogP) is 1.62. The molecule has 1 heterocycles. The highest BCUT2D eigenvalue weighted by molar-refractivity contribution is 5.72. The summed E-state index contributed by atoms with van der Waals surface area (Å²) in [5.74, 6) is 1.04. The van der Waals surface area contributed by atoms with Gasteiger partial charge in [-0.2, -0.15) is 0 Å². The van der Waals surface area contributed by atoms with Gasteiger partial charge < -0.3 is 15.0 Å². The molecule has 5 nitrogen and oxygen atoms in total. The van der Waals surface area contributed by atoms with E-state index < -0.39 is 0 Å². The third-order valence-corrected chi connectivity index (χ3v) is 3.46. The zero-order valence-electron chi connectivity index (χ0n) is 10.8. The molecule has 1 aromatic rings. The van der Waals surface area contributed by atoms with E-state index in [1.807, 2.05) is 13.1 Å². The van der Waals surface area contributed by atoms with E-state index in [4.69, 9.17) is 4.74 Å². The van der Waals surface area contributed by atoms with E-state index in [0.717, 1.165) is 38.1 Å². The van der Waals surface area contributed by atoms with Crippen molar-refractivity contribution in [2.45, 2.75) is 45.2 Å². The molecule has 1 aliphatic rings. The number of H-pyrrole nitrogens is 1. The van der Waals surface area contributed by atoms with Crippen LogP contribution < -0.4 is 5.32 Å². The van der Waals surface area contributed by atoms with Crippen LogP contribution in [0.3, 0.4) is 0 Å². The predicted molar refractivity (Wildman–Crippen MR) is 67.8 cm³/mol. The Morgan fingerprint density at radius 1 is 1.50 bits per heavy atom. The van der Waals surface area contributed by atoms with E-state index in [1.54, 1.807) is 6.20 Å². The highest BCUT2D eigenvalue weighted by atomic mass is 16.5. The van der Waals surface area contributed by atoms with Crippen molar-refractivity contribution < 1.29 is 9.53 Å². The molecule has 0 aromatic carbocycles. The number of carbonyl (C=O) groups is 1. The van der Waals surface area contributed by atoms with Crippen LogP contribution in [-0.2, 0) is 16.1 Å². The van der Waals surface area contributed by atoms with Gasteiger partial charge >= 0.3 is 5.97 Å². The fraction of sp³-hybridized carbons (Fsp3) is 0.692. The number of nitrogens with one attached hydrogen (secondary N) is 2. The van der Waals surface area contributed by atoms with Gasteiger partial charge in [0, 0.05) is 18.4 Å². The molecule has 0 bridgehead atoms. The Balaban J connectivity index is 1.68. The molecular weight excluding hydrogens is 230 g/mol. The summed E-state index contributed by atoms with van der Waals surface area (Å²) in [6.45, 7) is 3.10. The maximum absolute atomic E-state index is 11.6. The van der Waals surface area contributed by atoms with E-state index in [0.29, 0.717) is 12.6 Å². The summed E-state index contributed by atoms with van der Waals surface area (Å²) in [5, 5.41) is 3.47. The van der Waals surface area contributed by atoms with Crippen LogP contribution in [0.1, 0.15) is 38.4 Å². The SMILES string of the molecule is CCOC(=O)C1CCC(NCc2ncc[nH]2)CC1. The van der Waals surface area contributed by atoms with Gasteiger partial charge in [0.25, 0.3) is 0 Å². The van der Waals surface area contributed by atoms with Crippen molar-refractivity contribution in [3.05, 3.63) is 18.2 Å². The smallest absolute Gasteiger partial charge is 0.308 e. The second kappa shape index (κ2) is 6.54. The third-order valence-electron chi connectivity index (χ3n) is 3.46. The molecule has 100 valence electrons. The number of hydrogen-bond acceptors (Lipinski definition) is 4. The summed E-state index contributed by atoms with van der Waals surface area (Å²) in [6, 6.07) is 0.487. The van der Waals surface area contributed by atoms with Crippen LogP contribution in [0.4, 0.5) is 0 Å². The number of ether oxygens (including phenoxy) is 1. The van der Waals surface area contributed by atoms with Gasteiger partial charge in [-0.15, -0.1) is 0 Å². The summed E-state index contributed by atoms with van der Waals surface area (Å²) in [5.41, 5.74) is 0. The summed E-state index contributed by atoms with van der Waals surface area (Å²) >= 11 is 0. The zero-order chi connectivity index (χ0) is 12.8. The molecule has 0 atom stereocenters. The van der Waals surface area contributed by atoms with Crippen molar-refractivity contribution in [2.24, 2.45) is 5.92 Å². The van der Waals surface area contributed by atoms with Gasteiger partial charge in [0.2, 0.25) is 0 Å². The van der Waals surface area contributed by atoms with Gasteiger partial charge in [0.15, 0.2) is 0 Å². The first kappa shape index (κ1) is 13.1. The quantitative estimate of drug-likeness (QED) is 0.780. The lowest BCUT2D eigenvalue weighted by molar-refractivity contribution is -0.149. The minimum Gasteiger partial charge on any atom is -0.466 e. The van der Waals surface area contributed by atoms with Crippen molar-refractivity contribution in [3.8, 4) is 0 Å². The molecule has 5 heteroatoms. The van der Waals surface area contributed by atoms with E-state index in [-0.39, 0.29) is 11.9 Å². The van der Waals surface area contributed by atoms with Crippen LogP contribution in [-0.4, -0.2) is 28.6 Å². The standard InChI is InChI=1S/C13H21N3O2/c1-2-18-13(17)10-3-5-11(6-4-10)16-9-12-14-7-8-15-12/h7-8,10-11,16H,2-6,9H2,1H3,(H,14,15). The summed E-state index contributed by atoms with van der Waals surface area (Å²) in [4.78, 5) is 18.8. The molecule has 2 rings (SSSR count). The van der Waals surface area contributed by atoms with Crippen LogP contribution in [0.15, 0.2) is 12.4 Å². The molecule has 0 spiro atoms. The number of imidazole rings is 1. The van der Waals surface area contributed by atoms with E-state index in [1.165, 1.54) is 0 Å². The summed E-state index contributed by atoms with van der Waals surface area (Å²) in [7, 11) is 0. The molecule has 1 aromatic heterocycles. The van der Waals surface area contributed by atoms with Crippen LogP contribution in [0.25, 0.3) is 0 Å². The van der Waals surface area contributed by atoms with E-state index in [9.17, 15) is 4.79 Å². The highest BCUT2D eigenvalue weighted by Gasteiger charge is 2.26. The number of aromatic nitrogens is 2. The molecule has 18 heavy (non-hydrogen) atoms. The molecule has 0 amide bonds. The topological polar surface area (TPSA) is 67.0 Å². The van der Waals surface area contributed by atoms with Crippen molar-refractivity contribution in [3.63, 3.8) is 0 Å². The van der Waals surface area contributed by atoms with Crippen molar-refractivity contribution in [2.75, 3.05) is 6.61 Å². The molecule has 0 saturated heterocycles. The zero-order valence-corrected chi connectivity index (χ0v) is 10.8. The summed E-state index contributed by atoms with van der Waals surface area (Å²) in [6.07, 6.45) is 7.50. The number of rotatable bonds is 5. The molecule has 1 saturated carbocycles. The van der Waals surface area contributed by atoms with Crippen LogP contribution in [0.2, 0.25) is 0 Å². The van der Waals surface area contributed by atoms with Gasteiger partial charge in [-0.25, -0.2) is 4.98 Å². The third kappa shape index (κ3) is 3.57. The van der Waals surface area contributed by atoms with Crippen LogP contribution in [0, 0.1) is 5.92 Å².